The third-order valence-corrected chi connectivity index (χ3v) is 5.68. The number of nitrogens with zero attached hydrogens (tertiary/aromatic N) is 5. The van der Waals surface area contributed by atoms with Crippen molar-refractivity contribution < 1.29 is 9.53 Å². The molecular formula is C22H26N6O2. The first-order valence-corrected chi connectivity index (χ1v) is 10.1. The van der Waals surface area contributed by atoms with E-state index in [1.165, 1.54) is 4.80 Å². The zero-order chi connectivity index (χ0) is 21.3. The molecule has 1 fully saturated rings. The Morgan fingerprint density at radius 2 is 1.90 bits per heavy atom. The number of nitrogen functional groups attached to an aromatic ring is 1. The summed E-state index contributed by atoms with van der Waals surface area (Å²) in [5.74, 6) is 0.484. The summed E-state index contributed by atoms with van der Waals surface area (Å²) in [6.45, 7) is 6.38. The maximum atomic E-state index is 13.6. The summed E-state index contributed by atoms with van der Waals surface area (Å²) in [7, 11) is 0. The summed E-state index contributed by atoms with van der Waals surface area (Å²) in [4.78, 5) is 21.3. The first kappa shape index (κ1) is 19.9. The van der Waals surface area contributed by atoms with E-state index in [1.54, 1.807) is 24.7 Å². The van der Waals surface area contributed by atoms with Gasteiger partial charge in [0.1, 0.15) is 6.10 Å². The van der Waals surface area contributed by atoms with Crippen LogP contribution >= 0.6 is 0 Å². The largest absolute Gasteiger partial charge is 0.472 e. The van der Waals surface area contributed by atoms with Gasteiger partial charge in [-0.3, -0.25) is 4.79 Å². The minimum Gasteiger partial charge on any atom is -0.472 e. The number of amides is 1. The number of carbonyl (C=O) groups excluding carboxylic acids is 1. The number of aromatic nitrogens is 4. The van der Waals surface area contributed by atoms with Crippen LogP contribution in [0, 0.1) is 13.8 Å². The van der Waals surface area contributed by atoms with Crippen LogP contribution in [0.25, 0.3) is 5.69 Å². The standard InChI is InChI=1S/C22H26N6O2/c1-14-5-4-6-19(28-25-11-12-26-28)20(14)22(29)27-13-17(8-7-15(27)2)30-21-16(3)18(23)9-10-24-21/h4-6,9-12,15,17H,7-8,13H2,1-3H3,(H2,23,24)/t15-,17-/m1/s1. The number of anilines is 1. The fourth-order valence-electron chi connectivity index (χ4n) is 3.84. The number of hydrogen-bond acceptors (Lipinski definition) is 6. The van der Waals surface area contributed by atoms with Crippen molar-refractivity contribution in [1.82, 2.24) is 24.9 Å². The fraction of sp³-hybridized carbons (Fsp3) is 0.364. The second-order valence-electron chi connectivity index (χ2n) is 7.74. The van der Waals surface area contributed by atoms with E-state index in [0.29, 0.717) is 29.4 Å². The second-order valence-corrected chi connectivity index (χ2v) is 7.74. The Hall–Kier alpha value is -3.42. The smallest absolute Gasteiger partial charge is 0.256 e. The highest BCUT2D eigenvalue weighted by Gasteiger charge is 2.33. The van der Waals surface area contributed by atoms with E-state index >= 15 is 0 Å². The Bertz CT molecular complexity index is 1050. The van der Waals surface area contributed by atoms with E-state index in [4.69, 9.17) is 10.5 Å². The average Bonchev–Trinajstić information content (AvgIpc) is 3.27. The number of piperidine rings is 1. The molecule has 2 aromatic heterocycles. The van der Waals surface area contributed by atoms with Crippen LogP contribution in [-0.4, -0.2) is 49.5 Å². The molecule has 1 amide bonds. The molecule has 8 heteroatoms. The molecular weight excluding hydrogens is 380 g/mol. The summed E-state index contributed by atoms with van der Waals surface area (Å²) in [5, 5.41) is 8.43. The van der Waals surface area contributed by atoms with Crippen LogP contribution in [0.4, 0.5) is 5.69 Å². The monoisotopic (exact) mass is 406 g/mol. The van der Waals surface area contributed by atoms with Gasteiger partial charge in [0.25, 0.3) is 5.91 Å². The van der Waals surface area contributed by atoms with Crippen LogP contribution in [0.2, 0.25) is 0 Å². The highest BCUT2D eigenvalue weighted by atomic mass is 16.5. The van der Waals surface area contributed by atoms with Crippen molar-refractivity contribution in [3.8, 4) is 11.6 Å². The number of aryl methyl sites for hydroxylation is 1. The Balaban J connectivity index is 1.60. The third kappa shape index (κ3) is 3.72. The Morgan fingerprint density at radius 1 is 1.13 bits per heavy atom. The minimum atomic E-state index is -0.145. The van der Waals surface area contributed by atoms with E-state index in [0.717, 1.165) is 24.0 Å². The highest BCUT2D eigenvalue weighted by molar-refractivity contribution is 5.99. The molecule has 1 aliphatic heterocycles. The number of nitrogens with two attached hydrogens (primary N) is 1. The van der Waals surface area contributed by atoms with Gasteiger partial charge in [0, 0.05) is 23.5 Å². The number of hydrogen-bond donors (Lipinski definition) is 1. The molecule has 2 N–H and O–H groups in total. The number of pyridine rings is 1. The number of likely N-dealkylation sites (tertiary alicyclic amines) is 1. The zero-order valence-electron chi connectivity index (χ0n) is 17.4. The molecule has 0 saturated carbocycles. The van der Waals surface area contributed by atoms with Crippen molar-refractivity contribution in [1.29, 1.82) is 0 Å². The maximum Gasteiger partial charge on any atom is 0.256 e. The molecule has 4 rings (SSSR count). The summed E-state index contributed by atoms with van der Waals surface area (Å²) >= 11 is 0. The van der Waals surface area contributed by atoms with Crippen molar-refractivity contribution in [3.05, 3.63) is 59.5 Å². The lowest BCUT2D eigenvalue weighted by Gasteiger charge is -2.38. The van der Waals surface area contributed by atoms with Crippen LogP contribution < -0.4 is 10.5 Å². The van der Waals surface area contributed by atoms with E-state index in [9.17, 15) is 4.79 Å². The lowest BCUT2D eigenvalue weighted by Crippen LogP contribution is -2.49. The molecule has 0 unspecified atom stereocenters. The van der Waals surface area contributed by atoms with Gasteiger partial charge in [0.05, 0.1) is 30.2 Å². The van der Waals surface area contributed by atoms with Crippen molar-refractivity contribution in [2.24, 2.45) is 0 Å². The zero-order valence-corrected chi connectivity index (χ0v) is 17.4. The SMILES string of the molecule is Cc1cccc(-n2nccn2)c1C(=O)N1C[C@H](Oc2nccc(N)c2C)CC[C@H]1C. The van der Waals surface area contributed by atoms with Crippen LogP contribution in [0.5, 0.6) is 5.88 Å². The molecule has 0 bridgehead atoms. The predicted molar refractivity (Wildman–Crippen MR) is 114 cm³/mol. The first-order chi connectivity index (χ1) is 14.5. The Kier molecular flexibility index (Phi) is 5.39. The van der Waals surface area contributed by atoms with Gasteiger partial charge in [0.15, 0.2) is 0 Å². The predicted octanol–water partition coefficient (Wildman–Crippen LogP) is 2.93. The molecule has 30 heavy (non-hydrogen) atoms. The Morgan fingerprint density at radius 3 is 2.67 bits per heavy atom. The maximum absolute atomic E-state index is 13.6. The van der Waals surface area contributed by atoms with Gasteiger partial charge < -0.3 is 15.4 Å². The second kappa shape index (κ2) is 8.14. The van der Waals surface area contributed by atoms with E-state index in [-0.39, 0.29) is 18.1 Å². The molecule has 1 aromatic carbocycles. The topological polar surface area (TPSA) is 99.2 Å². The number of ether oxygens (including phenoxy) is 1. The number of rotatable bonds is 4. The van der Waals surface area contributed by atoms with Gasteiger partial charge in [-0.1, -0.05) is 12.1 Å². The molecule has 1 saturated heterocycles. The summed E-state index contributed by atoms with van der Waals surface area (Å²) in [6, 6.07) is 7.56. The van der Waals surface area contributed by atoms with Crippen molar-refractivity contribution in [2.45, 2.75) is 45.8 Å². The van der Waals surface area contributed by atoms with Crippen LogP contribution in [0.3, 0.4) is 0 Å². The Labute approximate surface area is 175 Å². The van der Waals surface area contributed by atoms with E-state index < -0.39 is 0 Å². The molecule has 8 nitrogen and oxygen atoms in total. The molecule has 3 aromatic rings. The third-order valence-electron chi connectivity index (χ3n) is 5.68. The molecule has 156 valence electrons. The number of benzene rings is 1. The molecule has 0 radical (unpaired) electrons. The average molecular weight is 406 g/mol. The van der Waals surface area contributed by atoms with Crippen molar-refractivity contribution in [3.63, 3.8) is 0 Å². The van der Waals surface area contributed by atoms with E-state index in [1.807, 2.05) is 36.9 Å². The van der Waals surface area contributed by atoms with Gasteiger partial charge in [-0.05, 0) is 51.3 Å². The minimum absolute atomic E-state index is 0.0431. The van der Waals surface area contributed by atoms with Gasteiger partial charge in [-0.25, -0.2) is 4.98 Å². The normalized spacial score (nSPS) is 19.0. The molecule has 0 spiro atoms. The molecule has 3 heterocycles. The van der Waals surface area contributed by atoms with Crippen molar-refractivity contribution in [2.75, 3.05) is 12.3 Å². The molecule has 0 aliphatic carbocycles. The van der Waals surface area contributed by atoms with Gasteiger partial charge in [-0.15, -0.1) is 0 Å². The quantitative estimate of drug-likeness (QED) is 0.715. The van der Waals surface area contributed by atoms with Crippen LogP contribution in [-0.2, 0) is 0 Å². The summed E-state index contributed by atoms with van der Waals surface area (Å²) in [6.07, 6.45) is 6.40. The van der Waals surface area contributed by atoms with Gasteiger partial charge >= 0.3 is 0 Å². The number of carbonyl (C=O) groups is 1. The summed E-state index contributed by atoms with van der Waals surface area (Å²) < 4.78 is 6.15. The lowest BCUT2D eigenvalue weighted by molar-refractivity contribution is 0.0370. The van der Waals surface area contributed by atoms with Crippen LogP contribution in [0.1, 0.15) is 41.3 Å². The highest BCUT2D eigenvalue weighted by Crippen LogP contribution is 2.28. The summed E-state index contributed by atoms with van der Waals surface area (Å²) in [5.41, 5.74) is 9.62. The van der Waals surface area contributed by atoms with Gasteiger partial charge in [-0.2, -0.15) is 15.0 Å². The van der Waals surface area contributed by atoms with Gasteiger partial charge in [0.2, 0.25) is 5.88 Å². The molecule has 1 aliphatic rings. The van der Waals surface area contributed by atoms with Crippen LogP contribution in [0.15, 0.2) is 42.9 Å². The fourth-order valence-corrected chi connectivity index (χ4v) is 3.84. The van der Waals surface area contributed by atoms with Crippen molar-refractivity contribution >= 4 is 11.6 Å². The first-order valence-electron chi connectivity index (χ1n) is 10.1. The van der Waals surface area contributed by atoms with E-state index in [2.05, 4.69) is 22.1 Å². The molecule has 2 atom stereocenters. The lowest BCUT2D eigenvalue weighted by atomic mass is 9.98.